The topological polar surface area (TPSA) is 92.2 Å². The molecule has 2 aromatic heterocycles. The summed E-state index contributed by atoms with van der Waals surface area (Å²) in [6.07, 6.45) is 4.02. The minimum Gasteiger partial charge on any atom is -0.477 e. The second kappa shape index (κ2) is 6.45. The number of carbonyl (C=O) groups is 2. The van der Waals surface area contributed by atoms with Crippen LogP contribution in [0.1, 0.15) is 50.6 Å². The van der Waals surface area contributed by atoms with Crippen LogP contribution in [0.4, 0.5) is 0 Å². The van der Waals surface area contributed by atoms with Crippen molar-refractivity contribution in [3.05, 3.63) is 45.7 Å². The molecule has 1 amide bonds. The van der Waals surface area contributed by atoms with E-state index < -0.39 is 5.97 Å². The van der Waals surface area contributed by atoms with E-state index in [1.807, 2.05) is 13.8 Å². The highest BCUT2D eigenvalue weighted by molar-refractivity contribution is 7.11. The number of carbonyl (C=O) groups excluding carboxylic acids is 1. The number of hydrogen-bond acceptors (Lipinski definition) is 5. The Morgan fingerprint density at radius 2 is 2.19 bits per heavy atom. The molecule has 21 heavy (non-hydrogen) atoms. The van der Waals surface area contributed by atoms with Gasteiger partial charge in [-0.1, -0.05) is 6.92 Å². The Kier molecular flexibility index (Phi) is 4.64. The lowest BCUT2D eigenvalue weighted by molar-refractivity contribution is 0.0690. The van der Waals surface area contributed by atoms with E-state index in [9.17, 15) is 9.59 Å². The lowest BCUT2D eigenvalue weighted by Gasteiger charge is -2.11. The van der Waals surface area contributed by atoms with Gasteiger partial charge in [-0.3, -0.25) is 4.79 Å². The molecular formula is C14H15N3O3S. The summed E-state index contributed by atoms with van der Waals surface area (Å²) in [5, 5.41) is 12.5. The lowest BCUT2D eigenvalue weighted by atomic mass is 10.2. The summed E-state index contributed by atoms with van der Waals surface area (Å²) < 4.78 is 0. The van der Waals surface area contributed by atoms with Gasteiger partial charge in [-0.2, -0.15) is 0 Å². The first-order valence-electron chi connectivity index (χ1n) is 6.46. The van der Waals surface area contributed by atoms with Gasteiger partial charge in [0.25, 0.3) is 5.91 Å². The summed E-state index contributed by atoms with van der Waals surface area (Å²) in [6, 6.07) is 2.50. The molecule has 0 aliphatic carbocycles. The minimum atomic E-state index is -1.16. The fraction of sp³-hybridized carbons (Fsp3) is 0.286. The van der Waals surface area contributed by atoms with Gasteiger partial charge >= 0.3 is 5.97 Å². The quantitative estimate of drug-likeness (QED) is 0.884. The van der Waals surface area contributed by atoms with E-state index in [1.165, 1.54) is 18.3 Å². The molecule has 2 heterocycles. The van der Waals surface area contributed by atoms with E-state index in [2.05, 4.69) is 15.3 Å². The maximum Gasteiger partial charge on any atom is 0.354 e. The number of thiazole rings is 1. The molecule has 110 valence electrons. The van der Waals surface area contributed by atoms with Gasteiger partial charge in [0.15, 0.2) is 0 Å². The largest absolute Gasteiger partial charge is 0.477 e. The van der Waals surface area contributed by atoms with Gasteiger partial charge in [0.1, 0.15) is 10.7 Å². The zero-order valence-electron chi connectivity index (χ0n) is 11.7. The number of amides is 1. The maximum absolute atomic E-state index is 12.1. The molecule has 7 heteroatoms. The van der Waals surface area contributed by atoms with Crippen LogP contribution in [-0.4, -0.2) is 27.0 Å². The van der Waals surface area contributed by atoms with E-state index in [1.54, 1.807) is 17.5 Å². The smallest absolute Gasteiger partial charge is 0.354 e. The van der Waals surface area contributed by atoms with Gasteiger partial charge in [-0.05, 0) is 25.5 Å². The third-order valence-corrected chi connectivity index (χ3v) is 4.20. The fourth-order valence-electron chi connectivity index (χ4n) is 1.72. The number of aromatic carboxylic acids is 1. The molecule has 2 aromatic rings. The number of rotatable bonds is 5. The number of pyridine rings is 1. The van der Waals surface area contributed by atoms with Crippen molar-refractivity contribution in [2.75, 3.05) is 0 Å². The van der Waals surface area contributed by atoms with Crippen LogP contribution in [0, 0.1) is 0 Å². The Bertz CT molecular complexity index is 669. The van der Waals surface area contributed by atoms with Gasteiger partial charge < -0.3 is 10.4 Å². The predicted octanol–water partition coefficient (Wildman–Crippen LogP) is 2.29. The molecule has 0 aliphatic heterocycles. The average molecular weight is 305 g/mol. The molecule has 6 nitrogen and oxygen atoms in total. The summed E-state index contributed by atoms with van der Waals surface area (Å²) in [6.45, 7) is 3.89. The van der Waals surface area contributed by atoms with Crippen LogP contribution in [0.3, 0.4) is 0 Å². The summed E-state index contributed by atoms with van der Waals surface area (Å²) in [7, 11) is 0. The summed E-state index contributed by atoms with van der Waals surface area (Å²) in [5.41, 5.74) is 0.111. The summed E-state index contributed by atoms with van der Waals surface area (Å²) in [5.74, 6) is -1.51. The second-order valence-electron chi connectivity index (χ2n) is 4.45. The Balaban J connectivity index is 2.10. The van der Waals surface area contributed by atoms with E-state index in [0.717, 1.165) is 16.3 Å². The molecule has 0 saturated heterocycles. The Morgan fingerprint density at radius 3 is 2.81 bits per heavy atom. The van der Waals surface area contributed by atoms with Gasteiger partial charge in [0, 0.05) is 22.8 Å². The lowest BCUT2D eigenvalue weighted by Crippen LogP contribution is -2.26. The monoisotopic (exact) mass is 305 g/mol. The third kappa shape index (κ3) is 3.63. The van der Waals surface area contributed by atoms with Crippen molar-refractivity contribution in [1.82, 2.24) is 15.3 Å². The number of nitrogens with one attached hydrogen (secondary N) is 1. The molecule has 0 spiro atoms. The van der Waals surface area contributed by atoms with Crippen LogP contribution in [0.5, 0.6) is 0 Å². The van der Waals surface area contributed by atoms with Gasteiger partial charge in [-0.25, -0.2) is 14.8 Å². The second-order valence-corrected chi connectivity index (χ2v) is 5.60. The van der Waals surface area contributed by atoms with E-state index in [0.29, 0.717) is 0 Å². The summed E-state index contributed by atoms with van der Waals surface area (Å²) >= 11 is 1.55. The number of aryl methyl sites for hydroxylation is 1. The zero-order chi connectivity index (χ0) is 15.4. The maximum atomic E-state index is 12.1. The zero-order valence-corrected chi connectivity index (χ0v) is 12.5. The molecule has 0 aromatic carbocycles. The number of hydrogen-bond donors (Lipinski definition) is 2. The molecule has 0 saturated carbocycles. The molecule has 0 aliphatic rings. The molecule has 0 fully saturated rings. The van der Waals surface area contributed by atoms with Crippen LogP contribution in [-0.2, 0) is 6.42 Å². The first-order valence-corrected chi connectivity index (χ1v) is 7.27. The normalized spacial score (nSPS) is 11.9. The highest BCUT2D eigenvalue weighted by Crippen LogP contribution is 2.20. The average Bonchev–Trinajstić information content (AvgIpc) is 2.96. The number of carboxylic acids is 1. The van der Waals surface area contributed by atoms with Crippen LogP contribution in [0.2, 0.25) is 0 Å². The molecule has 2 N–H and O–H groups in total. The first-order chi connectivity index (χ1) is 10.0. The van der Waals surface area contributed by atoms with Crippen molar-refractivity contribution in [1.29, 1.82) is 0 Å². The highest BCUT2D eigenvalue weighted by Gasteiger charge is 2.16. The number of aromatic nitrogens is 2. The highest BCUT2D eigenvalue weighted by atomic mass is 32.1. The molecule has 0 bridgehead atoms. The Morgan fingerprint density at radius 1 is 1.43 bits per heavy atom. The molecule has 1 atom stereocenters. The van der Waals surface area contributed by atoms with Crippen LogP contribution in [0.15, 0.2) is 24.5 Å². The summed E-state index contributed by atoms with van der Waals surface area (Å²) in [4.78, 5) is 32.1. The standard InChI is InChI=1S/C14H15N3O3S/c1-3-10-7-16-13(21-10)8(2)17-12(18)9-4-5-15-11(6-9)14(19)20/h4-8H,3H2,1-2H3,(H,17,18)(H,19,20). The van der Waals surface area contributed by atoms with Gasteiger partial charge in [-0.15, -0.1) is 11.3 Å². The van der Waals surface area contributed by atoms with Crippen molar-refractivity contribution in [2.24, 2.45) is 0 Å². The predicted molar refractivity (Wildman–Crippen MR) is 78.6 cm³/mol. The minimum absolute atomic E-state index is 0.155. The molecular weight excluding hydrogens is 290 g/mol. The van der Waals surface area contributed by atoms with E-state index in [4.69, 9.17) is 5.11 Å². The van der Waals surface area contributed by atoms with Crippen molar-refractivity contribution in [3.63, 3.8) is 0 Å². The number of carboxylic acid groups (broad SMARTS) is 1. The molecule has 2 rings (SSSR count). The third-order valence-electron chi connectivity index (χ3n) is 2.88. The van der Waals surface area contributed by atoms with Crippen molar-refractivity contribution in [2.45, 2.75) is 26.3 Å². The first kappa shape index (κ1) is 15.1. The molecule has 1 unspecified atom stereocenters. The van der Waals surface area contributed by atoms with Crippen molar-refractivity contribution >= 4 is 23.2 Å². The van der Waals surface area contributed by atoms with Gasteiger partial charge in [0.2, 0.25) is 0 Å². The van der Waals surface area contributed by atoms with Crippen LogP contribution >= 0.6 is 11.3 Å². The Hall–Kier alpha value is -2.28. The Labute approximate surface area is 125 Å². The van der Waals surface area contributed by atoms with Crippen LogP contribution < -0.4 is 5.32 Å². The van der Waals surface area contributed by atoms with E-state index in [-0.39, 0.29) is 23.2 Å². The van der Waals surface area contributed by atoms with Crippen molar-refractivity contribution in [3.8, 4) is 0 Å². The van der Waals surface area contributed by atoms with Crippen molar-refractivity contribution < 1.29 is 14.7 Å². The van der Waals surface area contributed by atoms with E-state index >= 15 is 0 Å². The van der Waals surface area contributed by atoms with Crippen LogP contribution in [0.25, 0.3) is 0 Å². The number of nitrogens with zero attached hydrogens (tertiary/aromatic N) is 2. The fourth-order valence-corrected chi connectivity index (χ4v) is 2.58. The SMILES string of the molecule is CCc1cnc(C(C)NC(=O)c2ccnc(C(=O)O)c2)s1. The van der Waals surface area contributed by atoms with Gasteiger partial charge in [0.05, 0.1) is 6.04 Å². The molecule has 0 radical (unpaired) electrons.